The number of hydrogen-bond acceptors (Lipinski definition) is 6. The van der Waals surface area contributed by atoms with Crippen molar-refractivity contribution >= 4 is 35.1 Å². The Bertz CT molecular complexity index is 896. The maximum atomic E-state index is 13.2. The number of nitrogens with zero attached hydrogens (tertiary/aromatic N) is 2. The number of hydrogen-bond donors (Lipinski definition) is 4. The van der Waals surface area contributed by atoms with E-state index in [1.807, 2.05) is 48.2 Å². The van der Waals surface area contributed by atoms with Gasteiger partial charge in [-0.25, -0.2) is 4.79 Å². The fourth-order valence-corrected chi connectivity index (χ4v) is 6.46. The average Bonchev–Trinajstić information content (AvgIpc) is 3.14. The van der Waals surface area contributed by atoms with E-state index in [1.165, 1.54) is 0 Å². The Morgan fingerprint density at radius 1 is 1.19 bits per heavy atom. The molecule has 0 spiro atoms. The Morgan fingerprint density at radius 3 is 2.71 bits per heavy atom. The molecule has 4 N–H and O–H groups in total. The molecule has 166 valence electrons. The van der Waals surface area contributed by atoms with Gasteiger partial charge < -0.3 is 26.2 Å². The largest absolute Gasteiger partial charge is 0.378 e. The third-order valence-electron chi connectivity index (χ3n) is 6.62. The van der Waals surface area contributed by atoms with Crippen molar-refractivity contribution < 1.29 is 9.59 Å². The lowest BCUT2D eigenvalue weighted by atomic mass is 9.86. The minimum absolute atomic E-state index is 0.0364. The lowest BCUT2D eigenvalue weighted by Crippen LogP contribution is -2.62. The van der Waals surface area contributed by atoms with Gasteiger partial charge in [-0.1, -0.05) is 11.8 Å². The lowest BCUT2D eigenvalue weighted by molar-refractivity contribution is -0.117. The highest BCUT2D eigenvalue weighted by atomic mass is 32.2. The molecule has 3 saturated heterocycles. The van der Waals surface area contributed by atoms with Crippen LogP contribution in [0.5, 0.6) is 0 Å². The number of nitrogens with one attached hydrogen (secondary N) is 4. The Labute approximate surface area is 187 Å². The number of benzene rings is 1. The molecule has 3 amide bonds. The summed E-state index contributed by atoms with van der Waals surface area (Å²) >= 11 is 1.56. The molecule has 31 heavy (non-hydrogen) atoms. The van der Waals surface area contributed by atoms with Crippen LogP contribution in [0.15, 0.2) is 34.9 Å². The number of rotatable bonds is 4. The molecule has 0 aliphatic carbocycles. The minimum Gasteiger partial charge on any atom is -0.378 e. The van der Waals surface area contributed by atoms with Crippen LogP contribution in [0.1, 0.15) is 19.3 Å². The normalized spacial score (nSPS) is 30.0. The third kappa shape index (κ3) is 3.79. The van der Waals surface area contributed by atoms with Crippen LogP contribution in [0.25, 0.3) is 0 Å². The van der Waals surface area contributed by atoms with Crippen LogP contribution in [0.2, 0.25) is 0 Å². The quantitative estimate of drug-likeness (QED) is 0.564. The summed E-state index contributed by atoms with van der Waals surface area (Å²) in [6, 6.07) is 8.11. The van der Waals surface area contributed by atoms with Gasteiger partial charge in [0.05, 0.1) is 16.3 Å². The summed E-state index contributed by atoms with van der Waals surface area (Å²) in [5, 5.41) is 13.2. The van der Waals surface area contributed by atoms with Crippen molar-refractivity contribution in [1.29, 1.82) is 0 Å². The number of amides is 3. The molecule has 8 nitrogen and oxygen atoms in total. The van der Waals surface area contributed by atoms with Gasteiger partial charge >= 0.3 is 6.03 Å². The predicted molar refractivity (Wildman–Crippen MR) is 124 cm³/mol. The molecular weight excluding hydrogens is 412 g/mol. The molecular formula is C22H30N6O2S. The molecule has 4 aliphatic rings. The van der Waals surface area contributed by atoms with Crippen molar-refractivity contribution in [3.8, 4) is 0 Å². The molecule has 1 aromatic rings. The Kier molecular flexibility index (Phi) is 5.58. The molecule has 1 aromatic carbocycles. The highest BCUT2D eigenvalue weighted by Gasteiger charge is 2.51. The third-order valence-corrected chi connectivity index (χ3v) is 7.98. The molecule has 9 heteroatoms. The van der Waals surface area contributed by atoms with Crippen molar-refractivity contribution in [2.24, 2.45) is 5.92 Å². The Balaban J connectivity index is 1.41. The first-order valence-electron chi connectivity index (χ1n) is 11.1. The monoisotopic (exact) mass is 442 g/mol. The van der Waals surface area contributed by atoms with Crippen LogP contribution in [-0.4, -0.2) is 63.1 Å². The van der Waals surface area contributed by atoms with Gasteiger partial charge in [0.2, 0.25) is 0 Å². The van der Waals surface area contributed by atoms with Crippen molar-refractivity contribution in [2.75, 3.05) is 43.5 Å². The second-order valence-electron chi connectivity index (χ2n) is 8.84. The van der Waals surface area contributed by atoms with E-state index in [-0.39, 0.29) is 35.3 Å². The van der Waals surface area contributed by atoms with Gasteiger partial charge in [0.15, 0.2) is 0 Å². The topological polar surface area (TPSA) is 88.7 Å². The maximum Gasteiger partial charge on any atom is 0.326 e. The summed E-state index contributed by atoms with van der Waals surface area (Å²) in [6.07, 6.45) is 2.91. The molecule has 5 rings (SSSR count). The Hall–Kier alpha value is -2.23. The zero-order valence-electron chi connectivity index (χ0n) is 18.0. The Morgan fingerprint density at radius 2 is 2.00 bits per heavy atom. The van der Waals surface area contributed by atoms with Gasteiger partial charge in [0.25, 0.3) is 5.91 Å². The van der Waals surface area contributed by atoms with Crippen LogP contribution in [0, 0.1) is 5.92 Å². The first-order valence-corrected chi connectivity index (χ1v) is 11.9. The van der Waals surface area contributed by atoms with E-state index in [0.29, 0.717) is 4.91 Å². The molecule has 0 radical (unpaired) electrons. The fraction of sp³-hybridized carbons (Fsp3) is 0.545. The number of urea groups is 1. The predicted octanol–water partition coefficient (Wildman–Crippen LogP) is 1.41. The smallest absolute Gasteiger partial charge is 0.326 e. The summed E-state index contributed by atoms with van der Waals surface area (Å²) in [7, 11) is 4.01. The molecule has 0 saturated carbocycles. The molecule has 4 atom stereocenters. The van der Waals surface area contributed by atoms with E-state index in [4.69, 9.17) is 0 Å². The van der Waals surface area contributed by atoms with Gasteiger partial charge in [-0.2, -0.15) is 0 Å². The van der Waals surface area contributed by atoms with Crippen LogP contribution in [0.3, 0.4) is 0 Å². The lowest BCUT2D eigenvalue weighted by Gasteiger charge is -2.45. The zero-order valence-corrected chi connectivity index (χ0v) is 18.8. The van der Waals surface area contributed by atoms with E-state index >= 15 is 0 Å². The van der Waals surface area contributed by atoms with Crippen LogP contribution >= 0.6 is 11.8 Å². The van der Waals surface area contributed by atoms with E-state index < -0.39 is 0 Å². The SMILES string of the molecule is CN(C)c1ccc(N2C(=O)NC3=C(C(=O)N[C@@H]4CCCNC4)SC4NCCC2C34)cc1. The average molecular weight is 443 g/mol. The minimum atomic E-state index is -0.151. The van der Waals surface area contributed by atoms with E-state index in [9.17, 15) is 9.59 Å². The van der Waals surface area contributed by atoms with Gasteiger partial charge in [-0.3, -0.25) is 9.69 Å². The number of piperidine rings is 2. The molecule has 3 fully saturated rings. The van der Waals surface area contributed by atoms with Crippen LogP contribution < -0.4 is 31.1 Å². The summed E-state index contributed by atoms with van der Waals surface area (Å²) in [6.45, 7) is 2.63. The second kappa shape index (κ2) is 8.37. The highest BCUT2D eigenvalue weighted by molar-refractivity contribution is 8.04. The van der Waals surface area contributed by atoms with Gasteiger partial charge in [-0.05, 0) is 56.6 Å². The van der Waals surface area contributed by atoms with Crippen molar-refractivity contribution in [3.63, 3.8) is 0 Å². The molecule has 3 unspecified atom stereocenters. The molecule has 0 bridgehead atoms. The fourth-order valence-electron chi connectivity index (χ4n) is 5.06. The number of carbonyl (C=O) groups is 2. The number of thioether (sulfide) groups is 1. The van der Waals surface area contributed by atoms with Crippen molar-refractivity contribution in [3.05, 3.63) is 34.9 Å². The zero-order chi connectivity index (χ0) is 21.5. The van der Waals surface area contributed by atoms with E-state index in [0.717, 1.165) is 56.0 Å². The molecule has 4 aliphatic heterocycles. The van der Waals surface area contributed by atoms with Crippen molar-refractivity contribution in [2.45, 2.75) is 36.7 Å². The van der Waals surface area contributed by atoms with E-state index in [2.05, 4.69) is 21.3 Å². The van der Waals surface area contributed by atoms with Crippen LogP contribution in [-0.2, 0) is 4.79 Å². The first kappa shape index (κ1) is 20.7. The standard InChI is InChI=1S/C22H30N6O2S/c1-27(2)14-5-7-15(8-6-14)28-16-9-11-24-21-17(16)18(26-22(28)30)19(31-21)20(29)25-13-4-3-10-23-12-13/h5-8,13,16-17,21,23-24H,3-4,9-12H2,1-2H3,(H,25,29)(H,26,30)/t13-,16?,17?,21?/m1/s1. The van der Waals surface area contributed by atoms with E-state index in [1.54, 1.807) is 11.8 Å². The summed E-state index contributed by atoms with van der Waals surface area (Å²) in [4.78, 5) is 30.9. The highest BCUT2D eigenvalue weighted by Crippen LogP contribution is 2.47. The number of carbonyl (C=O) groups excluding carboxylic acids is 2. The van der Waals surface area contributed by atoms with Crippen molar-refractivity contribution in [1.82, 2.24) is 21.3 Å². The van der Waals surface area contributed by atoms with Gasteiger partial charge in [0, 0.05) is 49.7 Å². The summed E-state index contributed by atoms with van der Waals surface area (Å²) in [5.41, 5.74) is 2.78. The van der Waals surface area contributed by atoms with Crippen LogP contribution in [0.4, 0.5) is 16.2 Å². The van der Waals surface area contributed by atoms with Gasteiger partial charge in [-0.15, -0.1) is 0 Å². The second-order valence-corrected chi connectivity index (χ2v) is 10.00. The summed E-state index contributed by atoms with van der Waals surface area (Å²) in [5.74, 6) is 0.0166. The van der Waals surface area contributed by atoms with Gasteiger partial charge in [0.1, 0.15) is 0 Å². The summed E-state index contributed by atoms with van der Waals surface area (Å²) < 4.78 is 0. The molecule has 4 heterocycles. The maximum absolute atomic E-state index is 13.2. The molecule has 0 aromatic heterocycles. The number of anilines is 2. The first-order chi connectivity index (χ1) is 15.0.